The summed E-state index contributed by atoms with van der Waals surface area (Å²) in [7, 11) is 0. The first-order valence-corrected chi connectivity index (χ1v) is 4.20. The summed E-state index contributed by atoms with van der Waals surface area (Å²) in [6, 6.07) is 0. The van der Waals surface area contributed by atoms with E-state index in [0.717, 1.165) is 24.8 Å². The van der Waals surface area contributed by atoms with E-state index >= 15 is 0 Å². The topological polar surface area (TPSA) is 20.2 Å². The van der Waals surface area contributed by atoms with Crippen molar-refractivity contribution in [2.45, 2.75) is 32.3 Å². The van der Waals surface area contributed by atoms with Crippen LogP contribution in [0.15, 0.2) is 24.3 Å². The summed E-state index contributed by atoms with van der Waals surface area (Å²) in [6.07, 6.45) is 7.26. The summed E-state index contributed by atoms with van der Waals surface area (Å²) in [4.78, 5) is 0. The third-order valence-electron chi connectivity index (χ3n) is 2.26. The van der Waals surface area contributed by atoms with Crippen molar-refractivity contribution in [2.24, 2.45) is 5.92 Å². The van der Waals surface area contributed by atoms with Crippen molar-refractivity contribution in [3.8, 4) is 0 Å². The number of rotatable bonds is 2. The van der Waals surface area contributed by atoms with E-state index in [1.807, 2.05) is 6.92 Å². The average molecular weight is 152 g/mol. The van der Waals surface area contributed by atoms with Crippen molar-refractivity contribution in [1.82, 2.24) is 0 Å². The highest BCUT2D eigenvalue weighted by Gasteiger charge is 2.19. The van der Waals surface area contributed by atoms with Gasteiger partial charge in [-0.1, -0.05) is 24.3 Å². The summed E-state index contributed by atoms with van der Waals surface area (Å²) in [5.74, 6) is 0.414. The molecule has 0 saturated carbocycles. The molecule has 0 spiro atoms. The van der Waals surface area contributed by atoms with Gasteiger partial charge in [-0.15, -0.1) is 0 Å². The van der Waals surface area contributed by atoms with Crippen molar-refractivity contribution in [3.63, 3.8) is 0 Å². The summed E-state index contributed by atoms with van der Waals surface area (Å²) in [5.41, 5.74) is 0.894. The van der Waals surface area contributed by atoms with E-state index in [1.54, 1.807) is 0 Å². The Balaban J connectivity index is 2.46. The maximum Gasteiger partial charge on any atom is 0.0776 e. The summed E-state index contributed by atoms with van der Waals surface area (Å²) >= 11 is 0. The predicted molar refractivity (Wildman–Crippen MR) is 47.3 cm³/mol. The van der Waals surface area contributed by atoms with Crippen LogP contribution in [-0.2, 0) is 0 Å². The van der Waals surface area contributed by atoms with Crippen LogP contribution in [0.25, 0.3) is 0 Å². The molecule has 0 saturated heterocycles. The lowest BCUT2D eigenvalue weighted by Gasteiger charge is -2.23. The zero-order valence-electron chi connectivity index (χ0n) is 7.09. The summed E-state index contributed by atoms with van der Waals surface area (Å²) in [6.45, 7) is 5.65. The molecule has 0 fully saturated rings. The van der Waals surface area contributed by atoms with Gasteiger partial charge in [0.2, 0.25) is 0 Å². The Bertz CT molecular complexity index is 170. The second kappa shape index (κ2) is 3.72. The maximum atomic E-state index is 9.62. The van der Waals surface area contributed by atoms with Gasteiger partial charge in [-0.3, -0.25) is 0 Å². The lowest BCUT2D eigenvalue weighted by Crippen LogP contribution is -2.21. The predicted octanol–water partition coefficient (Wildman–Crippen LogP) is 2.28. The molecule has 0 aliphatic heterocycles. The molecule has 1 rings (SSSR count). The van der Waals surface area contributed by atoms with Crippen LogP contribution >= 0.6 is 0 Å². The Kier molecular flexibility index (Phi) is 2.89. The molecule has 1 heteroatoms. The Hall–Kier alpha value is -0.560. The van der Waals surface area contributed by atoms with Crippen LogP contribution in [0, 0.1) is 5.92 Å². The molecule has 1 aliphatic rings. The van der Waals surface area contributed by atoms with Crippen molar-refractivity contribution in [2.75, 3.05) is 0 Å². The van der Waals surface area contributed by atoms with E-state index < -0.39 is 0 Å². The normalized spacial score (nSPS) is 26.5. The van der Waals surface area contributed by atoms with E-state index in [9.17, 15) is 5.11 Å². The third-order valence-corrected chi connectivity index (χ3v) is 2.26. The van der Waals surface area contributed by atoms with Gasteiger partial charge in [0.05, 0.1) is 6.10 Å². The molecule has 62 valence electrons. The molecular weight excluding hydrogens is 136 g/mol. The van der Waals surface area contributed by atoms with Crippen LogP contribution < -0.4 is 0 Å². The Morgan fingerprint density at radius 3 is 2.82 bits per heavy atom. The van der Waals surface area contributed by atoms with Crippen molar-refractivity contribution >= 4 is 0 Å². The largest absolute Gasteiger partial charge is 0.388 e. The van der Waals surface area contributed by atoms with Gasteiger partial charge in [0.25, 0.3) is 0 Å². The zero-order chi connectivity index (χ0) is 8.27. The quantitative estimate of drug-likeness (QED) is 0.602. The third kappa shape index (κ3) is 2.19. The van der Waals surface area contributed by atoms with Crippen molar-refractivity contribution in [1.29, 1.82) is 0 Å². The molecule has 0 bridgehead atoms. The summed E-state index contributed by atoms with van der Waals surface area (Å²) in [5, 5.41) is 9.62. The van der Waals surface area contributed by atoms with Gasteiger partial charge in [-0.05, 0) is 32.1 Å². The number of aliphatic hydroxyl groups excluding tert-OH is 1. The van der Waals surface area contributed by atoms with E-state index in [4.69, 9.17) is 0 Å². The van der Waals surface area contributed by atoms with Gasteiger partial charge in [0.15, 0.2) is 0 Å². The van der Waals surface area contributed by atoms with Gasteiger partial charge < -0.3 is 5.11 Å². The van der Waals surface area contributed by atoms with E-state index in [1.165, 1.54) is 0 Å². The maximum absolute atomic E-state index is 9.62. The summed E-state index contributed by atoms with van der Waals surface area (Å²) < 4.78 is 0. The Morgan fingerprint density at radius 1 is 1.64 bits per heavy atom. The fourth-order valence-electron chi connectivity index (χ4n) is 1.51. The molecule has 0 aromatic rings. The molecule has 1 N–H and O–H groups in total. The molecule has 1 nitrogen and oxygen atoms in total. The minimum Gasteiger partial charge on any atom is -0.388 e. The smallest absolute Gasteiger partial charge is 0.0776 e. The fraction of sp³-hybridized carbons (Fsp3) is 0.600. The molecule has 0 aromatic heterocycles. The molecule has 0 heterocycles. The molecule has 11 heavy (non-hydrogen) atoms. The molecule has 1 aliphatic carbocycles. The highest BCUT2D eigenvalue weighted by molar-refractivity contribution is 5.03. The van der Waals surface area contributed by atoms with E-state index in [-0.39, 0.29) is 6.10 Å². The first kappa shape index (κ1) is 8.54. The number of hydrogen-bond acceptors (Lipinski definition) is 1. The van der Waals surface area contributed by atoms with Gasteiger partial charge in [0, 0.05) is 0 Å². The number of aliphatic hydroxyl groups is 1. The fourth-order valence-corrected chi connectivity index (χ4v) is 1.51. The molecule has 0 amide bonds. The minimum absolute atomic E-state index is 0.292. The molecule has 0 radical (unpaired) electrons. The van der Waals surface area contributed by atoms with Gasteiger partial charge >= 0.3 is 0 Å². The lowest BCUT2D eigenvalue weighted by molar-refractivity contribution is 0.135. The van der Waals surface area contributed by atoms with E-state index in [2.05, 4.69) is 18.7 Å². The van der Waals surface area contributed by atoms with Crippen LogP contribution in [0.1, 0.15) is 26.2 Å². The first-order chi connectivity index (χ1) is 5.22. The SMILES string of the molecule is C=C(C)[C@H](O)[C@@H]1CC=CCC1. The molecule has 0 aromatic carbocycles. The van der Waals surface area contributed by atoms with E-state index in [0.29, 0.717) is 5.92 Å². The molecule has 0 unspecified atom stereocenters. The molecular formula is C10H16O. The standard InChI is InChI=1S/C10H16O/c1-8(2)10(11)9-6-4-3-5-7-9/h3-4,9-11H,1,5-7H2,2H3/t9-,10+/m1/s1. The van der Waals surface area contributed by atoms with Crippen molar-refractivity contribution in [3.05, 3.63) is 24.3 Å². The Morgan fingerprint density at radius 2 is 2.36 bits per heavy atom. The second-order valence-corrected chi connectivity index (χ2v) is 3.34. The first-order valence-electron chi connectivity index (χ1n) is 4.20. The van der Waals surface area contributed by atoms with Crippen LogP contribution in [0.5, 0.6) is 0 Å². The highest BCUT2D eigenvalue weighted by Crippen LogP contribution is 2.24. The molecule has 2 atom stereocenters. The van der Waals surface area contributed by atoms with Crippen LogP contribution in [0.4, 0.5) is 0 Å². The van der Waals surface area contributed by atoms with Gasteiger partial charge in [-0.25, -0.2) is 0 Å². The van der Waals surface area contributed by atoms with Crippen LogP contribution in [-0.4, -0.2) is 11.2 Å². The van der Waals surface area contributed by atoms with Crippen molar-refractivity contribution < 1.29 is 5.11 Å². The van der Waals surface area contributed by atoms with Crippen LogP contribution in [0.2, 0.25) is 0 Å². The zero-order valence-corrected chi connectivity index (χ0v) is 7.09. The highest BCUT2D eigenvalue weighted by atomic mass is 16.3. The van der Waals surface area contributed by atoms with Crippen LogP contribution in [0.3, 0.4) is 0 Å². The Labute approximate surface area is 68.4 Å². The van der Waals surface area contributed by atoms with Gasteiger partial charge in [0.1, 0.15) is 0 Å². The number of allylic oxidation sites excluding steroid dienone is 2. The average Bonchev–Trinajstić information content (AvgIpc) is 2.05. The number of hydrogen-bond donors (Lipinski definition) is 1. The van der Waals surface area contributed by atoms with Gasteiger partial charge in [-0.2, -0.15) is 0 Å². The second-order valence-electron chi connectivity index (χ2n) is 3.34. The monoisotopic (exact) mass is 152 g/mol. The lowest BCUT2D eigenvalue weighted by atomic mass is 9.87. The minimum atomic E-state index is -0.292.